The zero-order valence-electron chi connectivity index (χ0n) is 12.7. The largest absolute Gasteiger partial charge is 0.261 e. The first-order chi connectivity index (χ1) is 11.3. The number of hydrogen-bond donors (Lipinski definition) is 0. The Bertz CT molecular complexity index is 762. The molecule has 5 nitrogen and oxygen atoms in total. The van der Waals surface area contributed by atoms with E-state index in [-0.39, 0.29) is 0 Å². The van der Waals surface area contributed by atoms with Gasteiger partial charge in [-0.1, -0.05) is 36.4 Å². The van der Waals surface area contributed by atoms with Crippen LogP contribution in [0.4, 0.5) is 0 Å². The maximum atomic E-state index is 9.97. The Kier molecular flexibility index (Phi) is 4.44. The zero-order chi connectivity index (χ0) is 16.0. The molecular weight excluding hydrogens is 286 g/mol. The summed E-state index contributed by atoms with van der Waals surface area (Å²) in [6, 6.07) is 18.3. The molecule has 23 heavy (non-hydrogen) atoms. The Hall–Kier alpha value is -3.00. The molecule has 1 atom stereocenters. The molecule has 0 aliphatic carbocycles. The Morgan fingerprint density at radius 2 is 1.91 bits per heavy atom. The van der Waals surface area contributed by atoms with Crippen LogP contribution in [0.3, 0.4) is 0 Å². The van der Waals surface area contributed by atoms with Crippen LogP contribution in [0, 0.1) is 11.3 Å². The van der Waals surface area contributed by atoms with Gasteiger partial charge < -0.3 is 0 Å². The first-order valence-corrected chi connectivity index (χ1v) is 7.51. The van der Waals surface area contributed by atoms with Crippen LogP contribution in [0.1, 0.15) is 17.7 Å². The van der Waals surface area contributed by atoms with Gasteiger partial charge in [0.1, 0.15) is 18.1 Å². The topological polar surface area (TPSA) is 67.4 Å². The van der Waals surface area contributed by atoms with E-state index in [1.165, 1.54) is 6.33 Å². The first kappa shape index (κ1) is 14.9. The molecule has 0 fully saturated rings. The van der Waals surface area contributed by atoms with Crippen molar-refractivity contribution >= 4 is 0 Å². The second kappa shape index (κ2) is 6.84. The number of nitrogens with zero attached hydrogens (tertiary/aromatic N) is 5. The van der Waals surface area contributed by atoms with Crippen molar-refractivity contribution in [3.63, 3.8) is 0 Å². The van der Waals surface area contributed by atoms with E-state index in [1.54, 1.807) is 17.2 Å². The molecule has 2 aromatic heterocycles. The van der Waals surface area contributed by atoms with E-state index in [4.69, 9.17) is 0 Å². The summed E-state index contributed by atoms with van der Waals surface area (Å²) in [5, 5.41) is 14.1. The Morgan fingerprint density at radius 3 is 2.57 bits per heavy atom. The highest BCUT2D eigenvalue weighted by Gasteiger charge is 2.33. The Balaban J connectivity index is 1.90. The molecule has 0 aliphatic rings. The van der Waals surface area contributed by atoms with Gasteiger partial charge in [-0.25, -0.2) is 4.98 Å². The lowest BCUT2D eigenvalue weighted by Crippen LogP contribution is -2.31. The molecule has 0 radical (unpaired) electrons. The molecule has 0 saturated heterocycles. The summed E-state index contributed by atoms with van der Waals surface area (Å²) in [5.74, 6) is 0. The van der Waals surface area contributed by atoms with Crippen LogP contribution in [0.5, 0.6) is 0 Å². The number of aromatic nitrogens is 4. The number of nitriles is 1. The van der Waals surface area contributed by atoms with Crippen molar-refractivity contribution < 1.29 is 0 Å². The monoisotopic (exact) mass is 303 g/mol. The van der Waals surface area contributed by atoms with Gasteiger partial charge in [0.05, 0.1) is 12.6 Å². The third-order valence-corrected chi connectivity index (χ3v) is 3.97. The summed E-state index contributed by atoms with van der Waals surface area (Å²) in [6.07, 6.45) is 6.33. The highest BCUT2D eigenvalue weighted by Crippen LogP contribution is 2.30. The van der Waals surface area contributed by atoms with Gasteiger partial charge in [0.15, 0.2) is 0 Å². The second-order valence-corrected chi connectivity index (χ2v) is 5.47. The van der Waals surface area contributed by atoms with E-state index in [9.17, 15) is 5.26 Å². The number of hydrogen-bond acceptors (Lipinski definition) is 4. The average Bonchev–Trinajstić information content (AvgIpc) is 3.13. The SMILES string of the molecule is N#CC(CCc1ccccn1)(Cn1cncn1)c1ccccc1. The lowest BCUT2D eigenvalue weighted by atomic mass is 9.77. The van der Waals surface area contributed by atoms with Crippen LogP contribution in [0.25, 0.3) is 0 Å². The molecule has 2 heterocycles. The average molecular weight is 303 g/mol. The van der Waals surface area contributed by atoms with Crippen molar-refractivity contribution in [2.24, 2.45) is 0 Å². The van der Waals surface area contributed by atoms with Gasteiger partial charge in [-0.3, -0.25) is 9.67 Å². The summed E-state index contributed by atoms with van der Waals surface area (Å²) >= 11 is 0. The van der Waals surface area contributed by atoms with Gasteiger partial charge in [-0.15, -0.1) is 0 Å². The van der Waals surface area contributed by atoms with Crippen LogP contribution in [0.2, 0.25) is 0 Å². The second-order valence-electron chi connectivity index (χ2n) is 5.47. The summed E-state index contributed by atoms with van der Waals surface area (Å²) < 4.78 is 1.72. The highest BCUT2D eigenvalue weighted by atomic mass is 15.3. The van der Waals surface area contributed by atoms with Crippen molar-refractivity contribution in [2.45, 2.75) is 24.8 Å². The van der Waals surface area contributed by atoms with E-state index in [0.29, 0.717) is 13.0 Å². The Labute approximate surface area is 135 Å². The van der Waals surface area contributed by atoms with Crippen LogP contribution in [0.15, 0.2) is 67.4 Å². The van der Waals surface area contributed by atoms with Crippen molar-refractivity contribution in [2.75, 3.05) is 0 Å². The fourth-order valence-electron chi connectivity index (χ4n) is 2.71. The lowest BCUT2D eigenvalue weighted by Gasteiger charge is -2.27. The van der Waals surface area contributed by atoms with E-state index >= 15 is 0 Å². The lowest BCUT2D eigenvalue weighted by molar-refractivity contribution is 0.400. The quantitative estimate of drug-likeness (QED) is 0.702. The van der Waals surface area contributed by atoms with E-state index < -0.39 is 5.41 Å². The molecule has 0 N–H and O–H groups in total. The first-order valence-electron chi connectivity index (χ1n) is 7.51. The van der Waals surface area contributed by atoms with Gasteiger partial charge in [0, 0.05) is 11.9 Å². The third-order valence-electron chi connectivity index (χ3n) is 3.97. The van der Waals surface area contributed by atoms with E-state index in [2.05, 4.69) is 21.1 Å². The number of rotatable bonds is 6. The normalized spacial score (nSPS) is 13.2. The van der Waals surface area contributed by atoms with Crippen LogP contribution in [-0.2, 0) is 18.4 Å². The summed E-state index contributed by atoms with van der Waals surface area (Å²) in [5.41, 5.74) is 1.32. The molecule has 0 aliphatic heterocycles. The Morgan fingerprint density at radius 1 is 1.09 bits per heavy atom. The zero-order valence-corrected chi connectivity index (χ0v) is 12.7. The molecule has 114 valence electrons. The van der Waals surface area contributed by atoms with E-state index in [0.717, 1.165) is 17.7 Å². The molecule has 0 saturated carbocycles. The van der Waals surface area contributed by atoms with Crippen LogP contribution >= 0.6 is 0 Å². The molecule has 3 aromatic rings. The highest BCUT2D eigenvalue weighted by molar-refractivity contribution is 5.32. The van der Waals surface area contributed by atoms with E-state index in [1.807, 2.05) is 48.5 Å². The molecule has 1 unspecified atom stereocenters. The van der Waals surface area contributed by atoms with Gasteiger partial charge in [-0.05, 0) is 30.5 Å². The molecule has 0 bridgehead atoms. The van der Waals surface area contributed by atoms with Gasteiger partial charge in [0.25, 0.3) is 0 Å². The third kappa shape index (κ3) is 3.43. The molecule has 0 spiro atoms. The molecule has 0 amide bonds. The minimum absolute atomic E-state index is 0.473. The van der Waals surface area contributed by atoms with Crippen LogP contribution < -0.4 is 0 Å². The molecular formula is C18H17N5. The predicted octanol–water partition coefficient (Wildman–Crippen LogP) is 2.77. The minimum Gasteiger partial charge on any atom is -0.261 e. The number of aryl methyl sites for hydroxylation is 1. The molecule has 5 heteroatoms. The minimum atomic E-state index is -0.660. The van der Waals surface area contributed by atoms with Gasteiger partial charge >= 0.3 is 0 Å². The molecule has 3 rings (SSSR count). The van der Waals surface area contributed by atoms with Crippen molar-refractivity contribution in [3.05, 3.63) is 78.6 Å². The molecule has 1 aromatic carbocycles. The van der Waals surface area contributed by atoms with Gasteiger partial charge in [-0.2, -0.15) is 10.4 Å². The standard InChI is InChI=1S/C18H17N5/c19-12-18(13-23-15-20-14-22-23,16-6-2-1-3-7-16)10-9-17-8-4-5-11-21-17/h1-8,11,14-15H,9-10,13H2. The summed E-state index contributed by atoms with van der Waals surface area (Å²) in [6.45, 7) is 0.473. The van der Waals surface area contributed by atoms with Crippen LogP contribution in [-0.4, -0.2) is 19.7 Å². The van der Waals surface area contributed by atoms with Crippen molar-refractivity contribution in [3.8, 4) is 6.07 Å². The maximum absolute atomic E-state index is 9.97. The maximum Gasteiger partial charge on any atom is 0.137 e. The number of benzene rings is 1. The summed E-state index contributed by atoms with van der Waals surface area (Å²) in [7, 11) is 0. The predicted molar refractivity (Wildman–Crippen MR) is 86.3 cm³/mol. The van der Waals surface area contributed by atoms with Crippen molar-refractivity contribution in [1.29, 1.82) is 5.26 Å². The fourth-order valence-corrected chi connectivity index (χ4v) is 2.71. The smallest absolute Gasteiger partial charge is 0.137 e. The number of pyridine rings is 1. The fraction of sp³-hybridized carbons (Fsp3) is 0.222. The van der Waals surface area contributed by atoms with Crippen molar-refractivity contribution in [1.82, 2.24) is 19.7 Å². The van der Waals surface area contributed by atoms with Gasteiger partial charge in [0.2, 0.25) is 0 Å². The summed E-state index contributed by atoms with van der Waals surface area (Å²) in [4.78, 5) is 8.35.